The summed E-state index contributed by atoms with van der Waals surface area (Å²) in [5.74, 6) is 1.38. The number of hydrogen-bond acceptors (Lipinski definition) is 3. The third-order valence-electron chi connectivity index (χ3n) is 6.35. The molecule has 1 aliphatic heterocycles. The van der Waals surface area contributed by atoms with E-state index < -0.39 is 0 Å². The first-order valence-electron chi connectivity index (χ1n) is 11.8. The molecule has 34 heavy (non-hydrogen) atoms. The zero-order chi connectivity index (χ0) is 23.9. The van der Waals surface area contributed by atoms with Gasteiger partial charge in [0.15, 0.2) is 0 Å². The normalized spacial score (nSPS) is 13.7. The van der Waals surface area contributed by atoms with Crippen LogP contribution in [0.5, 0.6) is 11.5 Å². The number of halogens is 2. The van der Waals surface area contributed by atoms with Gasteiger partial charge in [-0.25, -0.2) is 0 Å². The van der Waals surface area contributed by atoms with Crippen molar-refractivity contribution in [3.8, 4) is 22.6 Å². The molecule has 0 bridgehead atoms. The van der Waals surface area contributed by atoms with Crippen molar-refractivity contribution in [2.75, 3.05) is 26.2 Å². The molecular formula is C29H31Cl2NO2. The topological polar surface area (TPSA) is 21.7 Å². The molecule has 0 aliphatic carbocycles. The lowest BCUT2D eigenvalue weighted by Gasteiger charge is -2.17. The Labute approximate surface area is 212 Å². The fourth-order valence-electron chi connectivity index (χ4n) is 4.36. The monoisotopic (exact) mass is 495 g/mol. The largest absolute Gasteiger partial charge is 0.492 e. The molecule has 4 rings (SSSR count). The lowest BCUT2D eigenvalue weighted by molar-refractivity contribution is 0.263. The number of nitrogens with zero attached hydrogens (tertiary/aromatic N) is 1. The smallest absolute Gasteiger partial charge is 0.138 e. The Kier molecular flexibility index (Phi) is 8.55. The summed E-state index contributed by atoms with van der Waals surface area (Å²) in [5, 5.41) is 1.22. The average molecular weight is 496 g/mol. The van der Waals surface area contributed by atoms with Crippen LogP contribution in [0.3, 0.4) is 0 Å². The lowest BCUT2D eigenvalue weighted by Crippen LogP contribution is -2.21. The van der Waals surface area contributed by atoms with Crippen molar-refractivity contribution in [3.05, 3.63) is 87.9 Å². The molecule has 0 unspecified atom stereocenters. The molecule has 0 spiro atoms. The quantitative estimate of drug-likeness (QED) is 0.265. The molecule has 0 N–H and O–H groups in total. The summed E-state index contributed by atoms with van der Waals surface area (Å²) in [5.41, 5.74) is 5.19. The Hall–Kier alpha value is -2.46. The van der Waals surface area contributed by atoms with Crippen LogP contribution in [-0.4, -0.2) is 31.1 Å². The summed E-state index contributed by atoms with van der Waals surface area (Å²) < 4.78 is 12.1. The molecule has 0 radical (unpaired) electrons. The van der Waals surface area contributed by atoms with Gasteiger partial charge in [-0.1, -0.05) is 72.3 Å². The van der Waals surface area contributed by atoms with Crippen LogP contribution in [0.1, 0.15) is 36.0 Å². The van der Waals surface area contributed by atoms with E-state index in [9.17, 15) is 0 Å². The molecule has 0 atom stereocenters. The van der Waals surface area contributed by atoms with Gasteiger partial charge in [0.1, 0.15) is 18.1 Å². The highest BCUT2D eigenvalue weighted by Gasteiger charge is 2.15. The Morgan fingerprint density at radius 1 is 0.941 bits per heavy atom. The maximum absolute atomic E-state index is 6.80. The Morgan fingerprint density at radius 2 is 1.71 bits per heavy atom. The van der Waals surface area contributed by atoms with E-state index in [1.54, 1.807) is 6.08 Å². The number of hydrogen-bond donors (Lipinski definition) is 0. The van der Waals surface area contributed by atoms with Crippen molar-refractivity contribution in [1.29, 1.82) is 0 Å². The van der Waals surface area contributed by atoms with Gasteiger partial charge < -0.3 is 14.4 Å². The predicted octanol–water partition coefficient (Wildman–Crippen LogP) is 8.06. The number of likely N-dealkylation sites (tertiary alicyclic amines) is 1. The fourth-order valence-corrected chi connectivity index (χ4v) is 4.88. The van der Waals surface area contributed by atoms with E-state index in [-0.39, 0.29) is 0 Å². The van der Waals surface area contributed by atoms with E-state index in [1.807, 2.05) is 42.5 Å². The fraction of sp³-hybridized carbons (Fsp3) is 0.310. The van der Waals surface area contributed by atoms with Crippen molar-refractivity contribution in [2.24, 2.45) is 0 Å². The van der Waals surface area contributed by atoms with Gasteiger partial charge in [0, 0.05) is 12.1 Å². The summed E-state index contributed by atoms with van der Waals surface area (Å²) in [7, 11) is 0. The van der Waals surface area contributed by atoms with E-state index in [0.29, 0.717) is 29.0 Å². The summed E-state index contributed by atoms with van der Waals surface area (Å²) in [6.45, 7) is 10.4. The standard InChI is InChI=1S/C29H31Cl2NO2/c1-3-22-13-14-27(26(30)19-22)34-20-23-9-6-10-24(21(23)2)25-11-7-12-28(29(25)31)33-18-8-17-32-15-4-5-16-32/h3,6-7,9-14,19H,1,4-5,8,15-18,20H2,2H3. The highest BCUT2D eigenvalue weighted by Crippen LogP contribution is 2.38. The molecule has 3 nitrogen and oxygen atoms in total. The van der Waals surface area contributed by atoms with Crippen molar-refractivity contribution in [3.63, 3.8) is 0 Å². The molecule has 1 fully saturated rings. The van der Waals surface area contributed by atoms with Gasteiger partial charge in [0.05, 0.1) is 16.7 Å². The highest BCUT2D eigenvalue weighted by atomic mass is 35.5. The minimum atomic E-state index is 0.414. The predicted molar refractivity (Wildman–Crippen MR) is 143 cm³/mol. The van der Waals surface area contributed by atoms with Gasteiger partial charge in [-0.05, 0) is 79.7 Å². The first-order chi connectivity index (χ1) is 16.6. The van der Waals surface area contributed by atoms with E-state index in [1.165, 1.54) is 25.9 Å². The van der Waals surface area contributed by atoms with Gasteiger partial charge in [-0.3, -0.25) is 0 Å². The van der Waals surface area contributed by atoms with E-state index in [0.717, 1.165) is 46.5 Å². The van der Waals surface area contributed by atoms with Crippen molar-refractivity contribution >= 4 is 29.3 Å². The molecule has 178 valence electrons. The van der Waals surface area contributed by atoms with Gasteiger partial charge >= 0.3 is 0 Å². The zero-order valence-electron chi connectivity index (χ0n) is 19.7. The molecular weight excluding hydrogens is 465 g/mol. The van der Waals surface area contributed by atoms with E-state index >= 15 is 0 Å². The second-order valence-corrected chi connectivity index (χ2v) is 9.43. The minimum Gasteiger partial charge on any atom is -0.492 e. The summed E-state index contributed by atoms with van der Waals surface area (Å²) in [4.78, 5) is 2.50. The summed E-state index contributed by atoms with van der Waals surface area (Å²) >= 11 is 13.2. The van der Waals surface area contributed by atoms with Gasteiger partial charge in [-0.2, -0.15) is 0 Å². The third kappa shape index (κ3) is 5.96. The van der Waals surface area contributed by atoms with Crippen LogP contribution >= 0.6 is 23.2 Å². The Balaban J connectivity index is 1.45. The first-order valence-corrected chi connectivity index (χ1v) is 12.6. The maximum atomic E-state index is 6.80. The second kappa shape index (κ2) is 11.8. The Morgan fingerprint density at radius 3 is 2.47 bits per heavy atom. The van der Waals surface area contributed by atoms with Crippen molar-refractivity contribution in [2.45, 2.75) is 32.8 Å². The van der Waals surface area contributed by atoms with Gasteiger partial charge in [-0.15, -0.1) is 0 Å². The van der Waals surface area contributed by atoms with Crippen LogP contribution in [0.4, 0.5) is 0 Å². The summed E-state index contributed by atoms with van der Waals surface area (Å²) in [6.07, 6.45) is 5.39. The molecule has 3 aromatic carbocycles. The number of benzene rings is 3. The number of rotatable bonds is 10. The van der Waals surface area contributed by atoms with Gasteiger partial charge in [0.25, 0.3) is 0 Å². The number of ether oxygens (including phenoxy) is 2. The third-order valence-corrected chi connectivity index (χ3v) is 7.03. The minimum absolute atomic E-state index is 0.414. The van der Waals surface area contributed by atoms with Crippen LogP contribution in [0.25, 0.3) is 17.2 Å². The Bertz CT molecular complexity index is 1140. The van der Waals surface area contributed by atoms with Crippen LogP contribution in [0, 0.1) is 6.92 Å². The maximum Gasteiger partial charge on any atom is 0.138 e. The molecule has 1 aliphatic rings. The van der Waals surface area contributed by atoms with E-state index in [4.69, 9.17) is 32.7 Å². The van der Waals surface area contributed by atoms with Crippen molar-refractivity contribution < 1.29 is 9.47 Å². The van der Waals surface area contributed by atoms with Crippen LogP contribution in [0.15, 0.2) is 61.2 Å². The molecule has 0 aromatic heterocycles. The average Bonchev–Trinajstić information content (AvgIpc) is 3.36. The molecule has 3 aromatic rings. The first kappa shape index (κ1) is 24.7. The SMILES string of the molecule is C=Cc1ccc(OCc2cccc(-c3cccc(OCCCN4CCCC4)c3Cl)c2C)c(Cl)c1. The zero-order valence-corrected chi connectivity index (χ0v) is 21.2. The van der Waals surface area contributed by atoms with Crippen LogP contribution in [0.2, 0.25) is 10.0 Å². The molecule has 5 heteroatoms. The van der Waals surface area contributed by atoms with Gasteiger partial charge in [0.2, 0.25) is 0 Å². The van der Waals surface area contributed by atoms with Crippen molar-refractivity contribution in [1.82, 2.24) is 4.90 Å². The molecule has 0 saturated carbocycles. The van der Waals surface area contributed by atoms with E-state index in [2.05, 4.69) is 30.5 Å². The van der Waals surface area contributed by atoms with Crippen LogP contribution in [-0.2, 0) is 6.61 Å². The summed E-state index contributed by atoms with van der Waals surface area (Å²) in [6, 6.07) is 17.8. The molecule has 0 amide bonds. The lowest BCUT2D eigenvalue weighted by atomic mass is 9.96. The highest BCUT2D eigenvalue weighted by molar-refractivity contribution is 6.34. The second-order valence-electron chi connectivity index (χ2n) is 8.64. The molecule has 1 saturated heterocycles. The molecule has 1 heterocycles. The van der Waals surface area contributed by atoms with Crippen LogP contribution < -0.4 is 9.47 Å².